The smallest absolute Gasteiger partial charge is 0.302 e. The number of carbonyl (C=O) groups is 1. The SMILES string of the molecule is CC(=O)OCc1cc(C)c(CO)cc1CO. The molecule has 0 aliphatic carbocycles. The van der Waals surface area contributed by atoms with E-state index in [1.54, 1.807) is 6.07 Å². The zero-order valence-electron chi connectivity index (χ0n) is 9.49. The van der Waals surface area contributed by atoms with Crippen LogP contribution in [0, 0.1) is 6.92 Å². The van der Waals surface area contributed by atoms with Crippen LogP contribution in [-0.4, -0.2) is 16.2 Å². The van der Waals surface area contributed by atoms with Gasteiger partial charge in [0.05, 0.1) is 13.2 Å². The third kappa shape index (κ3) is 3.05. The molecule has 1 rings (SSSR count). The van der Waals surface area contributed by atoms with Crippen LogP contribution >= 0.6 is 0 Å². The fourth-order valence-electron chi connectivity index (χ4n) is 1.49. The van der Waals surface area contributed by atoms with Crippen molar-refractivity contribution < 1.29 is 19.7 Å². The van der Waals surface area contributed by atoms with Crippen molar-refractivity contribution in [2.75, 3.05) is 0 Å². The van der Waals surface area contributed by atoms with Crippen molar-refractivity contribution in [1.29, 1.82) is 0 Å². The fraction of sp³-hybridized carbons (Fsp3) is 0.417. The summed E-state index contributed by atoms with van der Waals surface area (Å²) in [5.74, 6) is -0.354. The molecule has 0 radical (unpaired) electrons. The zero-order chi connectivity index (χ0) is 12.1. The van der Waals surface area contributed by atoms with Gasteiger partial charge in [0.25, 0.3) is 0 Å². The predicted octanol–water partition coefficient (Wildman–Crippen LogP) is 1.04. The third-order valence-electron chi connectivity index (χ3n) is 2.43. The van der Waals surface area contributed by atoms with Crippen molar-refractivity contribution in [3.8, 4) is 0 Å². The van der Waals surface area contributed by atoms with E-state index in [9.17, 15) is 9.90 Å². The fourth-order valence-corrected chi connectivity index (χ4v) is 1.49. The Morgan fingerprint density at radius 2 is 1.81 bits per heavy atom. The average molecular weight is 224 g/mol. The molecule has 4 nitrogen and oxygen atoms in total. The molecular formula is C12H16O4. The Labute approximate surface area is 94.5 Å². The van der Waals surface area contributed by atoms with Gasteiger partial charge in [-0.1, -0.05) is 12.1 Å². The highest BCUT2D eigenvalue weighted by molar-refractivity contribution is 5.66. The first-order valence-corrected chi connectivity index (χ1v) is 5.04. The maximum absolute atomic E-state index is 10.7. The lowest BCUT2D eigenvalue weighted by atomic mass is 10.0. The summed E-state index contributed by atoms with van der Waals surface area (Å²) in [6.45, 7) is 3.16. The Bertz CT molecular complexity index is 385. The Balaban J connectivity index is 2.98. The van der Waals surface area contributed by atoms with Gasteiger partial charge in [0.1, 0.15) is 6.61 Å². The van der Waals surface area contributed by atoms with Crippen LogP contribution in [0.4, 0.5) is 0 Å². The largest absolute Gasteiger partial charge is 0.461 e. The molecule has 88 valence electrons. The summed E-state index contributed by atoms with van der Waals surface area (Å²) in [4.78, 5) is 10.7. The average Bonchev–Trinajstić information content (AvgIpc) is 2.26. The number of benzene rings is 1. The molecule has 16 heavy (non-hydrogen) atoms. The van der Waals surface area contributed by atoms with Crippen LogP contribution in [0.2, 0.25) is 0 Å². The van der Waals surface area contributed by atoms with Gasteiger partial charge in [-0.05, 0) is 29.2 Å². The Morgan fingerprint density at radius 1 is 1.19 bits per heavy atom. The van der Waals surface area contributed by atoms with Crippen molar-refractivity contribution in [3.63, 3.8) is 0 Å². The molecule has 0 aliphatic rings. The van der Waals surface area contributed by atoms with Crippen molar-refractivity contribution in [1.82, 2.24) is 0 Å². The summed E-state index contributed by atoms with van der Waals surface area (Å²) in [6.07, 6.45) is 0. The topological polar surface area (TPSA) is 66.8 Å². The van der Waals surface area contributed by atoms with Crippen LogP contribution < -0.4 is 0 Å². The summed E-state index contributed by atoms with van der Waals surface area (Å²) in [7, 11) is 0. The van der Waals surface area contributed by atoms with Crippen LogP contribution in [0.15, 0.2) is 12.1 Å². The van der Waals surface area contributed by atoms with Crippen molar-refractivity contribution >= 4 is 5.97 Å². The molecule has 0 amide bonds. The molecule has 1 aromatic rings. The van der Waals surface area contributed by atoms with Crippen molar-refractivity contribution in [2.45, 2.75) is 33.7 Å². The van der Waals surface area contributed by atoms with E-state index in [1.165, 1.54) is 6.92 Å². The number of esters is 1. The van der Waals surface area contributed by atoms with Gasteiger partial charge in [-0.3, -0.25) is 4.79 Å². The van der Waals surface area contributed by atoms with Gasteiger partial charge in [-0.15, -0.1) is 0 Å². The lowest BCUT2D eigenvalue weighted by molar-refractivity contribution is -0.142. The van der Waals surface area contributed by atoms with E-state index in [0.717, 1.165) is 16.7 Å². The van der Waals surface area contributed by atoms with Gasteiger partial charge in [-0.2, -0.15) is 0 Å². The molecule has 0 fully saturated rings. The Morgan fingerprint density at radius 3 is 2.31 bits per heavy atom. The summed E-state index contributed by atoms with van der Waals surface area (Å²) < 4.78 is 4.89. The van der Waals surface area contributed by atoms with Crippen molar-refractivity contribution in [2.24, 2.45) is 0 Å². The van der Waals surface area contributed by atoms with E-state index in [4.69, 9.17) is 9.84 Å². The minimum Gasteiger partial charge on any atom is -0.461 e. The third-order valence-corrected chi connectivity index (χ3v) is 2.43. The first kappa shape index (κ1) is 12.7. The molecule has 0 saturated heterocycles. The van der Waals surface area contributed by atoms with E-state index >= 15 is 0 Å². The van der Waals surface area contributed by atoms with Crippen LogP contribution in [-0.2, 0) is 29.4 Å². The number of ether oxygens (including phenoxy) is 1. The first-order chi connectivity index (χ1) is 7.58. The van der Waals surface area contributed by atoms with Crippen LogP contribution in [0.1, 0.15) is 29.2 Å². The number of rotatable bonds is 4. The molecule has 0 atom stereocenters. The Kier molecular flexibility index (Phi) is 4.46. The predicted molar refractivity (Wildman–Crippen MR) is 58.5 cm³/mol. The highest BCUT2D eigenvalue weighted by Gasteiger charge is 2.07. The molecule has 1 aromatic carbocycles. The molecule has 0 aliphatic heterocycles. The molecule has 0 heterocycles. The normalized spacial score (nSPS) is 10.2. The second-order valence-electron chi connectivity index (χ2n) is 3.64. The molecule has 4 heteroatoms. The molecular weight excluding hydrogens is 208 g/mol. The number of aliphatic hydroxyl groups excluding tert-OH is 2. The maximum Gasteiger partial charge on any atom is 0.302 e. The van der Waals surface area contributed by atoms with Gasteiger partial charge in [-0.25, -0.2) is 0 Å². The maximum atomic E-state index is 10.7. The summed E-state index contributed by atoms with van der Waals surface area (Å²) in [6, 6.07) is 3.55. The van der Waals surface area contributed by atoms with Crippen LogP contribution in [0.25, 0.3) is 0 Å². The number of hydrogen-bond donors (Lipinski definition) is 2. The van der Waals surface area contributed by atoms with Gasteiger partial charge >= 0.3 is 5.97 Å². The molecule has 0 aromatic heterocycles. The van der Waals surface area contributed by atoms with Crippen LogP contribution in [0.5, 0.6) is 0 Å². The molecule has 0 saturated carbocycles. The monoisotopic (exact) mass is 224 g/mol. The van der Waals surface area contributed by atoms with Crippen molar-refractivity contribution in [3.05, 3.63) is 34.4 Å². The lowest BCUT2D eigenvalue weighted by Gasteiger charge is -2.12. The highest BCUT2D eigenvalue weighted by Crippen LogP contribution is 2.18. The number of aryl methyl sites for hydroxylation is 1. The minimum absolute atomic E-state index is 0.0628. The highest BCUT2D eigenvalue weighted by atomic mass is 16.5. The standard InChI is InChI=1S/C12H16O4/c1-8-3-12(7-16-9(2)15)11(6-14)4-10(8)5-13/h3-4,13-14H,5-7H2,1-2H3. The lowest BCUT2D eigenvalue weighted by Crippen LogP contribution is -2.04. The summed E-state index contributed by atoms with van der Waals surface area (Å²) in [5.41, 5.74) is 3.14. The molecule has 2 N–H and O–H groups in total. The van der Waals surface area contributed by atoms with E-state index in [1.807, 2.05) is 13.0 Å². The molecule has 0 bridgehead atoms. The first-order valence-electron chi connectivity index (χ1n) is 5.04. The summed E-state index contributed by atoms with van der Waals surface area (Å²) >= 11 is 0. The Hall–Kier alpha value is -1.39. The van der Waals surface area contributed by atoms with E-state index < -0.39 is 0 Å². The number of aliphatic hydroxyl groups is 2. The summed E-state index contributed by atoms with van der Waals surface area (Å²) in [5, 5.41) is 18.3. The van der Waals surface area contributed by atoms with Gasteiger partial charge in [0.2, 0.25) is 0 Å². The van der Waals surface area contributed by atoms with Crippen LogP contribution in [0.3, 0.4) is 0 Å². The van der Waals surface area contributed by atoms with Gasteiger partial charge in [0.15, 0.2) is 0 Å². The quantitative estimate of drug-likeness (QED) is 0.750. The second kappa shape index (κ2) is 5.63. The molecule has 0 unspecified atom stereocenters. The zero-order valence-corrected chi connectivity index (χ0v) is 9.49. The van der Waals surface area contributed by atoms with E-state index in [0.29, 0.717) is 5.56 Å². The number of carbonyl (C=O) groups excluding carboxylic acids is 1. The van der Waals surface area contributed by atoms with Gasteiger partial charge < -0.3 is 14.9 Å². The van der Waals surface area contributed by atoms with E-state index in [-0.39, 0.29) is 25.8 Å². The number of hydrogen-bond acceptors (Lipinski definition) is 4. The molecule has 0 spiro atoms. The van der Waals surface area contributed by atoms with E-state index in [2.05, 4.69) is 0 Å². The second-order valence-corrected chi connectivity index (χ2v) is 3.64. The minimum atomic E-state index is -0.354. The van der Waals surface area contributed by atoms with Gasteiger partial charge in [0, 0.05) is 6.92 Å².